The Morgan fingerprint density at radius 1 is 0.864 bits per heavy atom. The fraction of sp³-hybridized carbons (Fsp3) is 0.250. The van der Waals surface area contributed by atoms with Crippen LogP contribution < -0.4 is 20.7 Å². The molecule has 4 aromatic carbocycles. The molecule has 0 bridgehead atoms. The first-order chi connectivity index (χ1) is 21.3. The Morgan fingerprint density at radius 2 is 1.59 bits per heavy atom. The van der Waals surface area contributed by atoms with E-state index in [1.54, 1.807) is 61.3 Å². The van der Waals surface area contributed by atoms with Crippen molar-refractivity contribution in [1.82, 2.24) is 0 Å². The molecule has 0 saturated carbocycles. The number of ether oxygens (including phenoxy) is 2. The van der Waals surface area contributed by atoms with E-state index in [1.165, 1.54) is 0 Å². The average molecular weight is 594 g/mol. The smallest absolute Gasteiger partial charge is 0.305 e. The second-order valence-electron chi connectivity index (χ2n) is 10.5. The third kappa shape index (κ3) is 8.47. The Hall–Kier alpha value is -5.11. The Balaban J connectivity index is 1.38. The largest absolute Gasteiger partial charge is 0.491 e. The van der Waals surface area contributed by atoms with Crippen molar-refractivity contribution in [3.63, 3.8) is 0 Å². The molecule has 0 atom stereocenters. The molecular formula is C36H39N3O5. The quantitative estimate of drug-likeness (QED) is 0.0958. The molecule has 3 N–H and O–H groups in total. The Kier molecular flexibility index (Phi) is 11.1. The van der Waals surface area contributed by atoms with Gasteiger partial charge in [-0.1, -0.05) is 36.4 Å². The van der Waals surface area contributed by atoms with Crippen molar-refractivity contribution in [2.45, 2.75) is 39.5 Å². The molecule has 0 saturated heterocycles. The lowest BCUT2D eigenvalue weighted by Gasteiger charge is -2.21. The van der Waals surface area contributed by atoms with E-state index in [2.05, 4.69) is 5.32 Å². The molecule has 4 aromatic rings. The van der Waals surface area contributed by atoms with Crippen molar-refractivity contribution < 1.29 is 23.9 Å². The summed E-state index contributed by atoms with van der Waals surface area (Å²) >= 11 is 0. The van der Waals surface area contributed by atoms with Crippen LogP contribution in [0, 0.1) is 6.92 Å². The van der Waals surface area contributed by atoms with E-state index in [0.717, 1.165) is 36.0 Å². The molecule has 8 heteroatoms. The first kappa shape index (κ1) is 31.8. The minimum atomic E-state index is -0.254. The van der Waals surface area contributed by atoms with Crippen LogP contribution in [-0.2, 0) is 9.53 Å². The van der Waals surface area contributed by atoms with Crippen LogP contribution >= 0.6 is 0 Å². The highest BCUT2D eigenvalue weighted by atomic mass is 16.5. The molecule has 2 amide bonds. The highest BCUT2D eigenvalue weighted by molar-refractivity contribution is 6.09. The zero-order valence-corrected chi connectivity index (χ0v) is 25.5. The van der Waals surface area contributed by atoms with Crippen LogP contribution in [0.2, 0.25) is 0 Å². The van der Waals surface area contributed by atoms with Crippen molar-refractivity contribution in [3.05, 3.63) is 108 Å². The number of amides is 2. The number of esters is 1. The van der Waals surface area contributed by atoms with Gasteiger partial charge in [0.15, 0.2) is 0 Å². The zero-order chi connectivity index (χ0) is 31.5. The number of aryl methyl sites for hydroxylation is 1. The number of anilines is 3. The molecule has 0 aliphatic heterocycles. The van der Waals surface area contributed by atoms with Gasteiger partial charge >= 0.3 is 5.97 Å². The topological polar surface area (TPSA) is 111 Å². The Labute approximate surface area is 258 Å². The van der Waals surface area contributed by atoms with Crippen LogP contribution in [0.1, 0.15) is 58.9 Å². The molecule has 0 spiro atoms. The molecule has 4 rings (SSSR count). The summed E-state index contributed by atoms with van der Waals surface area (Å²) in [5.74, 6) is -0.0183. The number of nitrogens with one attached hydrogen (secondary N) is 1. The van der Waals surface area contributed by atoms with Gasteiger partial charge in [0.1, 0.15) is 5.75 Å². The summed E-state index contributed by atoms with van der Waals surface area (Å²) < 4.78 is 11.0. The molecule has 0 aliphatic carbocycles. The number of rotatable bonds is 13. The van der Waals surface area contributed by atoms with E-state index in [9.17, 15) is 14.4 Å². The van der Waals surface area contributed by atoms with E-state index < -0.39 is 0 Å². The number of carbonyl (C=O) groups excluding carboxylic acids is 3. The summed E-state index contributed by atoms with van der Waals surface area (Å²) in [6.45, 7) is 4.63. The van der Waals surface area contributed by atoms with Crippen molar-refractivity contribution in [3.8, 4) is 16.9 Å². The van der Waals surface area contributed by atoms with E-state index in [4.69, 9.17) is 15.2 Å². The van der Waals surface area contributed by atoms with Gasteiger partial charge in [0, 0.05) is 36.0 Å². The number of benzene rings is 4. The highest BCUT2D eigenvalue weighted by Gasteiger charge is 2.19. The fourth-order valence-electron chi connectivity index (χ4n) is 4.77. The fourth-order valence-corrected chi connectivity index (χ4v) is 4.77. The van der Waals surface area contributed by atoms with E-state index in [1.807, 2.05) is 55.5 Å². The second kappa shape index (κ2) is 15.4. The second-order valence-corrected chi connectivity index (χ2v) is 10.5. The molecule has 0 heterocycles. The summed E-state index contributed by atoms with van der Waals surface area (Å²) in [5.41, 5.74) is 11.4. The van der Waals surface area contributed by atoms with Crippen LogP contribution in [-0.4, -0.2) is 38.0 Å². The molecule has 8 nitrogen and oxygen atoms in total. The van der Waals surface area contributed by atoms with E-state index >= 15 is 0 Å². The zero-order valence-electron chi connectivity index (χ0n) is 25.5. The van der Waals surface area contributed by atoms with Crippen LogP contribution in [0.3, 0.4) is 0 Å². The normalized spacial score (nSPS) is 10.6. The van der Waals surface area contributed by atoms with Crippen molar-refractivity contribution in [2.24, 2.45) is 0 Å². The number of nitrogens with zero attached hydrogens (tertiary/aromatic N) is 1. The van der Waals surface area contributed by atoms with Gasteiger partial charge < -0.3 is 25.4 Å². The Morgan fingerprint density at radius 3 is 2.32 bits per heavy atom. The minimum Gasteiger partial charge on any atom is -0.491 e. The van der Waals surface area contributed by atoms with Crippen LogP contribution in [0.5, 0.6) is 5.75 Å². The third-order valence-corrected chi connectivity index (χ3v) is 7.15. The van der Waals surface area contributed by atoms with Gasteiger partial charge in [-0.05, 0) is 104 Å². The molecule has 0 unspecified atom stereocenters. The summed E-state index contributed by atoms with van der Waals surface area (Å²) in [5, 5.41) is 2.94. The first-order valence-corrected chi connectivity index (χ1v) is 14.8. The van der Waals surface area contributed by atoms with Crippen LogP contribution in [0.15, 0.2) is 91.0 Å². The van der Waals surface area contributed by atoms with Crippen molar-refractivity contribution >= 4 is 34.8 Å². The Bertz CT molecular complexity index is 1580. The number of nitrogen functional groups attached to an aromatic ring is 1. The van der Waals surface area contributed by atoms with Gasteiger partial charge in [0.2, 0.25) is 0 Å². The summed E-state index contributed by atoms with van der Waals surface area (Å²) in [6, 6.07) is 27.3. The molecule has 0 fully saturated rings. The van der Waals surface area contributed by atoms with E-state index in [-0.39, 0.29) is 17.8 Å². The molecule has 228 valence electrons. The summed E-state index contributed by atoms with van der Waals surface area (Å²) in [6.07, 6.45) is 2.76. The lowest BCUT2D eigenvalue weighted by atomic mass is 9.99. The van der Waals surface area contributed by atoms with Gasteiger partial charge in [-0.3, -0.25) is 14.4 Å². The maximum Gasteiger partial charge on any atom is 0.305 e. The molecular weight excluding hydrogens is 554 g/mol. The van der Waals surface area contributed by atoms with Gasteiger partial charge in [0.25, 0.3) is 11.8 Å². The third-order valence-electron chi connectivity index (χ3n) is 7.15. The summed E-state index contributed by atoms with van der Waals surface area (Å²) in [7, 11) is 1.71. The number of hydrogen-bond acceptors (Lipinski definition) is 6. The molecule has 0 aliphatic rings. The van der Waals surface area contributed by atoms with Gasteiger partial charge in [0.05, 0.1) is 18.9 Å². The molecule has 0 aromatic heterocycles. The van der Waals surface area contributed by atoms with Crippen LogP contribution in [0.4, 0.5) is 17.1 Å². The van der Waals surface area contributed by atoms with Gasteiger partial charge in [-0.15, -0.1) is 0 Å². The lowest BCUT2D eigenvalue weighted by Crippen LogP contribution is -2.27. The monoisotopic (exact) mass is 593 g/mol. The van der Waals surface area contributed by atoms with Crippen molar-refractivity contribution in [1.29, 1.82) is 0 Å². The minimum absolute atomic E-state index is 0.176. The lowest BCUT2D eigenvalue weighted by molar-refractivity contribution is -0.143. The van der Waals surface area contributed by atoms with Crippen molar-refractivity contribution in [2.75, 3.05) is 36.2 Å². The van der Waals surface area contributed by atoms with E-state index in [0.29, 0.717) is 53.6 Å². The number of hydrogen-bond donors (Lipinski definition) is 2. The predicted octanol–water partition coefficient (Wildman–Crippen LogP) is 7.28. The SMILES string of the molecule is CCOC(=O)CCCCCOc1cc(C)ccc1N(C)C(=O)c1ccc(NC(=O)c2ccccc2-c2ccc(N)cc2)cc1. The number of unbranched alkanes of at least 4 members (excludes halogenated alkanes) is 2. The standard InChI is InChI=1S/C36H39N3O5/c1-4-43-34(40)12-6-5-9-23-44-33-24-25(2)13-22-32(33)39(3)36(42)27-16-20-29(21-17-27)38-35(41)31-11-8-7-10-30(31)26-14-18-28(37)19-15-26/h7-8,10-11,13-22,24H,4-6,9,12,23,37H2,1-3H3,(H,38,41). The average Bonchev–Trinajstić information content (AvgIpc) is 3.03. The predicted molar refractivity (Wildman–Crippen MR) is 175 cm³/mol. The highest BCUT2D eigenvalue weighted by Crippen LogP contribution is 2.31. The van der Waals surface area contributed by atoms with Gasteiger partial charge in [-0.2, -0.15) is 0 Å². The van der Waals surface area contributed by atoms with Gasteiger partial charge in [-0.25, -0.2) is 0 Å². The number of carbonyl (C=O) groups is 3. The first-order valence-electron chi connectivity index (χ1n) is 14.8. The maximum atomic E-state index is 13.4. The van der Waals surface area contributed by atoms with Crippen LogP contribution in [0.25, 0.3) is 11.1 Å². The number of nitrogens with two attached hydrogens (primary N) is 1. The molecule has 0 radical (unpaired) electrons. The molecule has 44 heavy (non-hydrogen) atoms. The summed E-state index contributed by atoms with van der Waals surface area (Å²) in [4.78, 5) is 39.7. The maximum absolute atomic E-state index is 13.4.